The molecule has 0 spiro atoms. The van der Waals surface area contributed by atoms with Gasteiger partial charge in [-0.2, -0.15) is 4.98 Å². The Morgan fingerprint density at radius 2 is 2.12 bits per heavy atom. The molecule has 136 valence electrons. The lowest BCUT2D eigenvalue weighted by Crippen LogP contribution is -2.37. The van der Waals surface area contributed by atoms with Gasteiger partial charge in [-0.3, -0.25) is 9.09 Å². The van der Waals surface area contributed by atoms with Gasteiger partial charge >= 0.3 is 22.1 Å². The number of nitrogen functional groups attached to an aromatic ring is 1. The van der Waals surface area contributed by atoms with Crippen molar-refractivity contribution in [3.05, 3.63) is 22.7 Å². The highest BCUT2D eigenvalue weighted by Gasteiger charge is 2.48. The van der Waals surface area contributed by atoms with Gasteiger partial charge < -0.3 is 39.7 Å². The molecule has 0 aromatic carbocycles. The van der Waals surface area contributed by atoms with Gasteiger partial charge in [0.25, 0.3) is 0 Å². The van der Waals surface area contributed by atoms with Gasteiger partial charge in [0.1, 0.15) is 24.1 Å². The number of nitrogens with zero attached hydrogens (tertiary/aromatic N) is 2. The van der Waals surface area contributed by atoms with Gasteiger partial charge in [0, 0.05) is 6.20 Å². The lowest BCUT2D eigenvalue weighted by molar-refractivity contribution is -0.0524. The molecule has 1 fully saturated rings. The van der Waals surface area contributed by atoms with Crippen LogP contribution in [0.4, 0.5) is 5.82 Å². The Hall–Kier alpha value is -0.980. The number of hydrogen-bond donors (Lipinski definition) is 6. The highest BCUT2D eigenvalue weighted by Crippen LogP contribution is 2.44. The number of hydrogen-bond acceptors (Lipinski definition) is 10. The second-order valence-electron chi connectivity index (χ2n) is 4.71. The first-order valence-corrected chi connectivity index (χ1v) is 9.01. The molecule has 4 atom stereocenters. The number of aliphatic hydroxyl groups is 1. The lowest BCUT2D eigenvalue weighted by atomic mass is 10.1. The Morgan fingerprint density at radius 3 is 2.67 bits per heavy atom. The number of anilines is 1. The summed E-state index contributed by atoms with van der Waals surface area (Å²) in [4.78, 5) is 50.6. The van der Waals surface area contributed by atoms with E-state index in [1.165, 1.54) is 12.3 Å². The highest BCUT2D eigenvalue weighted by atomic mass is 31.2. The van der Waals surface area contributed by atoms with Crippen LogP contribution in [-0.2, 0) is 18.3 Å². The van der Waals surface area contributed by atoms with E-state index in [2.05, 4.69) is 14.0 Å². The minimum absolute atomic E-state index is 0.0714. The highest BCUT2D eigenvalue weighted by molar-refractivity contribution is 7.46. The van der Waals surface area contributed by atoms with Gasteiger partial charge in [-0.25, -0.2) is 9.36 Å². The van der Waals surface area contributed by atoms with E-state index >= 15 is 0 Å². The zero-order chi connectivity index (χ0) is 18.1. The van der Waals surface area contributed by atoms with Crippen molar-refractivity contribution in [2.24, 2.45) is 0 Å². The molecule has 0 aliphatic carbocycles. The van der Waals surface area contributed by atoms with Crippen LogP contribution in [-0.4, -0.2) is 59.2 Å². The molecule has 7 N–H and O–H groups in total. The lowest BCUT2D eigenvalue weighted by Gasteiger charge is -2.20. The summed E-state index contributed by atoms with van der Waals surface area (Å²) in [6, 6.07) is 1.25. The van der Waals surface area contributed by atoms with Crippen molar-refractivity contribution in [1.82, 2.24) is 9.55 Å². The number of aromatic nitrogens is 2. The maximum atomic E-state index is 11.8. The van der Waals surface area contributed by atoms with Crippen molar-refractivity contribution in [1.29, 1.82) is 0 Å². The fourth-order valence-electron chi connectivity index (χ4n) is 2.13. The summed E-state index contributed by atoms with van der Waals surface area (Å²) in [5.74, 6) is -0.0714. The maximum Gasteiger partial charge on any atom is 0.470 e. The molecule has 0 unspecified atom stereocenters. The van der Waals surface area contributed by atoms with E-state index in [1.54, 1.807) is 0 Å². The molecular formula is C9H15N3O10P2. The van der Waals surface area contributed by atoms with Crippen LogP contribution in [0.3, 0.4) is 0 Å². The topological polar surface area (TPSA) is 207 Å². The molecule has 1 aliphatic rings. The van der Waals surface area contributed by atoms with E-state index in [9.17, 15) is 14.5 Å². The molecule has 0 radical (unpaired) electrons. The molecule has 1 aliphatic heterocycles. The van der Waals surface area contributed by atoms with Crippen LogP contribution >= 0.6 is 16.4 Å². The van der Waals surface area contributed by atoms with Gasteiger partial charge in [-0.05, 0) is 6.07 Å². The molecule has 1 saturated heterocycles. The summed E-state index contributed by atoms with van der Waals surface area (Å²) in [5, 5.41) is 10.2. The fourth-order valence-corrected chi connectivity index (χ4v) is 2.99. The minimum Gasteiger partial charge on any atom is -0.386 e. The number of phosphoric ester groups is 1. The SMILES string of the molecule is Nc1ccn([C@@H]2O[C@H](COP(O)O)[C@@H](OP(=O)(O)O)[C@H]2O)c(=O)n1. The summed E-state index contributed by atoms with van der Waals surface area (Å²) in [6.07, 6.45) is -4.82. The molecular weight excluding hydrogens is 372 g/mol. The monoisotopic (exact) mass is 387 g/mol. The van der Waals surface area contributed by atoms with Crippen molar-refractivity contribution in [2.45, 2.75) is 24.5 Å². The average Bonchev–Trinajstić information content (AvgIpc) is 2.72. The standard InChI is InChI=1S/C9H15N3O10P2/c10-5-1-2-12(9(14)11-5)8-6(13)7(22-24(17,18)19)4(21-8)3-20-23(15)16/h1-2,4,6-8,13,15-16H,3H2,(H2,10,11,14)(H2,17,18,19)/t4-,6-,7-,8-/m1/s1. The largest absolute Gasteiger partial charge is 0.470 e. The zero-order valence-electron chi connectivity index (χ0n) is 11.8. The molecule has 13 nitrogen and oxygen atoms in total. The smallest absolute Gasteiger partial charge is 0.386 e. The second kappa shape index (κ2) is 7.50. The molecule has 2 heterocycles. The van der Waals surface area contributed by atoms with E-state index in [4.69, 9.17) is 30.0 Å². The molecule has 0 saturated carbocycles. The zero-order valence-corrected chi connectivity index (χ0v) is 13.6. The van der Waals surface area contributed by atoms with E-state index in [-0.39, 0.29) is 5.82 Å². The van der Waals surface area contributed by atoms with Crippen molar-refractivity contribution >= 4 is 22.2 Å². The molecule has 24 heavy (non-hydrogen) atoms. The molecule has 2 rings (SSSR count). The van der Waals surface area contributed by atoms with Crippen LogP contribution in [0.15, 0.2) is 17.1 Å². The molecule has 0 bridgehead atoms. The third kappa shape index (κ3) is 4.77. The number of phosphoric acid groups is 1. The first kappa shape index (κ1) is 19.3. The van der Waals surface area contributed by atoms with Crippen LogP contribution in [0.5, 0.6) is 0 Å². The number of nitrogens with two attached hydrogens (primary N) is 1. The summed E-state index contributed by atoms with van der Waals surface area (Å²) >= 11 is 0. The molecule has 1 aromatic rings. The fraction of sp³-hybridized carbons (Fsp3) is 0.556. The molecule has 15 heteroatoms. The first-order chi connectivity index (χ1) is 11.1. The quantitative estimate of drug-likeness (QED) is 0.287. The van der Waals surface area contributed by atoms with Gasteiger partial charge in [-0.1, -0.05) is 0 Å². The third-order valence-electron chi connectivity index (χ3n) is 3.05. The number of rotatable bonds is 6. The summed E-state index contributed by atoms with van der Waals surface area (Å²) in [7, 11) is -7.78. The maximum absolute atomic E-state index is 11.8. The summed E-state index contributed by atoms with van der Waals surface area (Å²) in [5.41, 5.74) is 4.48. The Kier molecular flexibility index (Phi) is 6.04. The van der Waals surface area contributed by atoms with Crippen LogP contribution in [0.25, 0.3) is 0 Å². The van der Waals surface area contributed by atoms with Crippen molar-refractivity contribution in [3.8, 4) is 0 Å². The van der Waals surface area contributed by atoms with Gasteiger partial charge in [-0.15, -0.1) is 0 Å². The predicted octanol–water partition coefficient (Wildman–Crippen LogP) is -2.21. The van der Waals surface area contributed by atoms with Crippen LogP contribution < -0.4 is 11.4 Å². The number of ether oxygens (including phenoxy) is 1. The summed E-state index contributed by atoms with van der Waals surface area (Å²) in [6.45, 7) is -0.561. The molecule has 1 aromatic heterocycles. The van der Waals surface area contributed by atoms with Gasteiger partial charge in [0.15, 0.2) is 6.23 Å². The first-order valence-electron chi connectivity index (χ1n) is 6.31. The Labute approximate surface area is 135 Å². The van der Waals surface area contributed by atoms with E-state index in [0.29, 0.717) is 0 Å². The minimum atomic E-state index is -5.01. The van der Waals surface area contributed by atoms with Crippen molar-refractivity contribution in [2.75, 3.05) is 12.3 Å². The normalized spacial score (nSPS) is 27.8. The number of aliphatic hydroxyl groups excluding tert-OH is 1. The Bertz CT molecular complexity index is 678. The van der Waals surface area contributed by atoms with Gasteiger partial charge in [0.05, 0.1) is 6.61 Å². The van der Waals surface area contributed by atoms with Crippen molar-refractivity contribution in [3.63, 3.8) is 0 Å². The Morgan fingerprint density at radius 1 is 1.46 bits per heavy atom. The molecule has 0 amide bonds. The summed E-state index contributed by atoms with van der Waals surface area (Å²) < 4.78 is 26.2. The second-order valence-corrected chi connectivity index (χ2v) is 6.66. The van der Waals surface area contributed by atoms with Crippen LogP contribution in [0.2, 0.25) is 0 Å². The third-order valence-corrected chi connectivity index (χ3v) is 3.95. The average molecular weight is 387 g/mol. The van der Waals surface area contributed by atoms with Gasteiger partial charge in [0.2, 0.25) is 0 Å². The van der Waals surface area contributed by atoms with Crippen molar-refractivity contribution < 1.29 is 43.0 Å². The van der Waals surface area contributed by atoms with E-state index in [1.807, 2.05) is 0 Å². The van der Waals surface area contributed by atoms with Crippen LogP contribution in [0.1, 0.15) is 6.23 Å². The van der Waals surface area contributed by atoms with E-state index < -0.39 is 53.3 Å². The van der Waals surface area contributed by atoms with E-state index in [0.717, 1.165) is 4.57 Å². The predicted molar refractivity (Wildman–Crippen MR) is 77.1 cm³/mol. The van der Waals surface area contributed by atoms with Crippen LogP contribution in [0, 0.1) is 0 Å². The Balaban J connectivity index is 2.27.